The SMILES string of the molecule is COc1ccc(-c2ccccc2F)cc1C1CCN([C@H]2C[C@H]3CC[C@H]2C3)CC1. The van der Waals surface area contributed by atoms with Gasteiger partial charge >= 0.3 is 0 Å². The van der Waals surface area contributed by atoms with Gasteiger partial charge in [-0.15, -0.1) is 0 Å². The zero-order valence-corrected chi connectivity index (χ0v) is 16.7. The van der Waals surface area contributed by atoms with Crippen LogP contribution in [-0.4, -0.2) is 31.1 Å². The van der Waals surface area contributed by atoms with E-state index in [1.807, 2.05) is 24.3 Å². The van der Waals surface area contributed by atoms with E-state index in [0.717, 1.165) is 29.2 Å². The summed E-state index contributed by atoms with van der Waals surface area (Å²) < 4.78 is 20.0. The highest BCUT2D eigenvalue weighted by Crippen LogP contribution is 2.48. The quantitative estimate of drug-likeness (QED) is 0.659. The lowest BCUT2D eigenvalue weighted by Crippen LogP contribution is -2.43. The average molecular weight is 380 g/mol. The Bertz CT molecular complexity index is 842. The van der Waals surface area contributed by atoms with E-state index < -0.39 is 0 Å². The van der Waals surface area contributed by atoms with Gasteiger partial charge in [-0.05, 0) is 92.3 Å². The van der Waals surface area contributed by atoms with Crippen LogP contribution in [-0.2, 0) is 0 Å². The second kappa shape index (κ2) is 7.51. The second-order valence-corrected chi connectivity index (χ2v) is 8.99. The van der Waals surface area contributed by atoms with Gasteiger partial charge in [0.05, 0.1) is 7.11 Å². The Morgan fingerprint density at radius 2 is 1.79 bits per heavy atom. The summed E-state index contributed by atoms with van der Waals surface area (Å²) in [6.45, 7) is 2.37. The van der Waals surface area contributed by atoms with E-state index in [1.54, 1.807) is 13.2 Å². The number of methoxy groups -OCH3 is 1. The molecular formula is C25H30FNO. The van der Waals surface area contributed by atoms with Crippen molar-refractivity contribution in [2.45, 2.75) is 50.5 Å². The molecule has 5 rings (SSSR count). The van der Waals surface area contributed by atoms with Crippen molar-refractivity contribution in [3.63, 3.8) is 0 Å². The van der Waals surface area contributed by atoms with Crippen LogP contribution in [0.1, 0.15) is 50.0 Å². The molecule has 148 valence electrons. The van der Waals surface area contributed by atoms with Gasteiger partial charge in [0.15, 0.2) is 0 Å². The Morgan fingerprint density at radius 1 is 0.964 bits per heavy atom. The molecule has 2 saturated carbocycles. The second-order valence-electron chi connectivity index (χ2n) is 8.99. The highest BCUT2D eigenvalue weighted by atomic mass is 19.1. The van der Waals surface area contributed by atoms with Crippen LogP contribution in [0.15, 0.2) is 42.5 Å². The Morgan fingerprint density at radius 3 is 2.46 bits per heavy atom. The third kappa shape index (κ3) is 3.24. The zero-order chi connectivity index (χ0) is 19.1. The summed E-state index contributed by atoms with van der Waals surface area (Å²) in [5, 5.41) is 0. The molecule has 0 radical (unpaired) electrons. The summed E-state index contributed by atoms with van der Waals surface area (Å²) in [7, 11) is 1.74. The maximum atomic E-state index is 14.3. The third-order valence-electron chi connectivity index (χ3n) is 7.55. The van der Waals surface area contributed by atoms with Gasteiger partial charge in [-0.25, -0.2) is 4.39 Å². The molecule has 0 spiro atoms. The molecule has 0 amide bonds. The summed E-state index contributed by atoms with van der Waals surface area (Å²) in [4.78, 5) is 2.77. The van der Waals surface area contributed by atoms with E-state index in [2.05, 4.69) is 11.0 Å². The summed E-state index contributed by atoms with van der Waals surface area (Å²) >= 11 is 0. The molecule has 1 aliphatic heterocycles. The molecule has 28 heavy (non-hydrogen) atoms. The normalized spacial score (nSPS) is 28.0. The van der Waals surface area contributed by atoms with Gasteiger partial charge in [-0.2, -0.15) is 0 Å². The number of rotatable bonds is 4. The van der Waals surface area contributed by atoms with Crippen LogP contribution >= 0.6 is 0 Å². The lowest BCUT2D eigenvalue weighted by Gasteiger charge is -2.40. The molecule has 0 unspecified atom stereocenters. The van der Waals surface area contributed by atoms with Crippen LogP contribution in [0.3, 0.4) is 0 Å². The molecule has 2 bridgehead atoms. The molecule has 2 aromatic carbocycles. The Kier molecular flexibility index (Phi) is 4.88. The zero-order valence-electron chi connectivity index (χ0n) is 16.7. The minimum absolute atomic E-state index is 0.162. The van der Waals surface area contributed by atoms with Crippen molar-refractivity contribution in [2.75, 3.05) is 20.2 Å². The number of hydrogen-bond donors (Lipinski definition) is 0. The first kappa shape index (κ1) is 18.2. The predicted octanol–water partition coefficient (Wildman–Crippen LogP) is 5.87. The molecule has 2 aliphatic carbocycles. The lowest BCUT2D eigenvalue weighted by atomic mass is 9.85. The van der Waals surface area contributed by atoms with Crippen LogP contribution < -0.4 is 4.74 Å². The third-order valence-corrected chi connectivity index (χ3v) is 7.55. The molecule has 3 atom stereocenters. The molecule has 1 saturated heterocycles. The Balaban J connectivity index is 1.34. The van der Waals surface area contributed by atoms with E-state index >= 15 is 0 Å². The van der Waals surface area contributed by atoms with E-state index in [1.165, 1.54) is 63.2 Å². The van der Waals surface area contributed by atoms with Gasteiger partial charge in [0.1, 0.15) is 11.6 Å². The van der Waals surface area contributed by atoms with Crippen molar-refractivity contribution in [2.24, 2.45) is 11.8 Å². The maximum Gasteiger partial charge on any atom is 0.131 e. The number of ether oxygens (including phenoxy) is 1. The van der Waals surface area contributed by atoms with E-state index in [0.29, 0.717) is 11.5 Å². The van der Waals surface area contributed by atoms with Crippen LogP contribution in [0, 0.1) is 17.7 Å². The van der Waals surface area contributed by atoms with Gasteiger partial charge < -0.3 is 9.64 Å². The monoisotopic (exact) mass is 379 g/mol. The van der Waals surface area contributed by atoms with Crippen LogP contribution in [0.25, 0.3) is 11.1 Å². The molecule has 3 fully saturated rings. The minimum atomic E-state index is -0.162. The van der Waals surface area contributed by atoms with Gasteiger partial charge in [-0.1, -0.05) is 30.7 Å². The average Bonchev–Trinajstić information content (AvgIpc) is 3.38. The fraction of sp³-hybridized carbons (Fsp3) is 0.520. The Labute approximate surface area is 167 Å². The van der Waals surface area contributed by atoms with Crippen LogP contribution in [0.5, 0.6) is 5.75 Å². The number of likely N-dealkylation sites (tertiary alicyclic amines) is 1. The van der Waals surface area contributed by atoms with Crippen LogP contribution in [0.2, 0.25) is 0 Å². The van der Waals surface area contributed by atoms with E-state index in [-0.39, 0.29) is 5.82 Å². The molecule has 0 aromatic heterocycles. The highest BCUT2D eigenvalue weighted by Gasteiger charge is 2.43. The first-order chi connectivity index (χ1) is 13.7. The summed E-state index contributed by atoms with van der Waals surface area (Å²) in [5.41, 5.74) is 2.87. The highest BCUT2D eigenvalue weighted by molar-refractivity contribution is 5.66. The number of nitrogens with zero attached hydrogens (tertiary/aromatic N) is 1. The van der Waals surface area contributed by atoms with Gasteiger partial charge in [0.25, 0.3) is 0 Å². The lowest BCUT2D eigenvalue weighted by molar-refractivity contribution is 0.110. The number of halogens is 1. The largest absolute Gasteiger partial charge is 0.496 e. The summed E-state index contributed by atoms with van der Waals surface area (Å²) in [6.07, 6.45) is 8.17. The van der Waals surface area contributed by atoms with Crippen LogP contribution in [0.4, 0.5) is 4.39 Å². The summed E-state index contributed by atoms with van der Waals surface area (Å²) in [5.74, 6) is 3.24. The van der Waals surface area contributed by atoms with Gasteiger partial charge in [0, 0.05) is 11.6 Å². The van der Waals surface area contributed by atoms with E-state index in [9.17, 15) is 4.39 Å². The van der Waals surface area contributed by atoms with Crippen molar-refractivity contribution in [3.8, 4) is 16.9 Å². The number of benzene rings is 2. The predicted molar refractivity (Wildman–Crippen MR) is 111 cm³/mol. The number of piperidine rings is 1. The smallest absolute Gasteiger partial charge is 0.131 e. The maximum absolute atomic E-state index is 14.3. The Hall–Kier alpha value is -1.87. The van der Waals surface area contributed by atoms with Crippen molar-refractivity contribution in [1.29, 1.82) is 0 Å². The molecule has 2 nitrogen and oxygen atoms in total. The standard InChI is InChI=1S/C25H30FNO/c1-28-25-9-8-19(21-4-2-3-5-23(21)26)16-22(25)18-10-12-27(13-11-18)24-15-17-6-7-20(24)14-17/h2-5,8-9,16-18,20,24H,6-7,10-15H2,1H3/t17-,20-,24-/m0/s1. The molecule has 2 aromatic rings. The number of hydrogen-bond acceptors (Lipinski definition) is 2. The fourth-order valence-electron chi connectivity index (χ4n) is 6.12. The molecule has 3 aliphatic rings. The molecule has 0 N–H and O–H groups in total. The molecular weight excluding hydrogens is 349 g/mol. The minimum Gasteiger partial charge on any atom is -0.496 e. The first-order valence-electron chi connectivity index (χ1n) is 10.9. The van der Waals surface area contributed by atoms with Crippen molar-refractivity contribution >= 4 is 0 Å². The van der Waals surface area contributed by atoms with E-state index in [4.69, 9.17) is 4.74 Å². The topological polar surface area (TPSA) is 12.5 Å². The van der Waals surface area contributed by atoms with Crippen molar-refractivity contribution in [1.82, 2.24) is 4.90 Å². The molecule has 1 heterocycles. The van der Waals surface area contributed by atoms with Gasteiger partial charge in [-0.3, -0.25) is 0 Å². The molecule has 3 heteroatoms. The van der Waals surface area contributed by atoms with Crippen molar-refractivity contribution in [3.05, 3.63) is 53.8 Å². The van der Waals surface area contributed by atoms with Crippen molar-refractivity contribution < 1.29 is 9.13 Å². The first-order valence-corrected chi connectivity index (χ1v) is 10.9. The number of fused-ring (bicyclic) bond motifs is 2. The fourth-order valence-corrected chi connectivity index (χ4v) is 6.12. The summed E-state index contributed by atoms with van der Waals surface area (Å²) in [6, 6.07) is 14.0. The van der Waals surface area contributed by atoms with Gasteiger partial charge in [0.2, 0.25) is 0 Å².